The lowest BCUT2D eigenvalue weighted by molar-refractivity contribution is -0.274. The standard InChI is InChI=1S/C17H14F3N5O2S/c18-17(19,20)27-14-8-6-13(7-9-14)25-16(22-23-24-25)28-11-15(26)21-10-12-4-2-1-3-5-12/h1-9H,10-11H2,(H,21,26). The molecule has 3 rings (SSSR count). The summed E-state index contributed by atoms with van der Waals surface area (Å²) >= 11 is 1.11. The number of nitrogens with zero attached hydrogens (tertiary/aromatic N) is 4. The number of amides is 1. The number of halogens is 3. The quantitative estimate of drug-likeness (QED) is 0.605. The van der Waals surface area contributed by atoms with Gasteiger partial charge in [0.1, 0.15) is 5.75 Å². The van der Waals surface area contributed by atoms with Crippen LogP contribution in [0.3, 0.4) is 0 Å². The number of ether oxygens (including phenoxy) is 1. The third-order valence-corrected chi connectivity index (χ3v) is 4.34. The van der Waals surface area contributed by atoms with Gasteiger partial charge in [0.25, 0.3) is 0 Å². The van der Waals surface area contributed by atoms with Crippen molar-refractivity contribution in [2.24, 2.45) is 0 Å². The second-order valence-corrected chi connectivity index (χ2v) is 6.41. The van der Waals surface area contributed by atoms with Crippen LogP contribution in [0, 0.1) is 0 Å². The fraction of sp³-hybridized carbons (Fsp3) is 0.176. The first kappa shape index (κ1) is 19.7. The molecular weight excluding hydrogens is 395 g/mol. The summed E-state index contributed by atoms with van der Waals surface area (Å²) in [5.74, 6) is -0.459. The molecule has 0 aliphatic carbocycles. The average molecular weight is 409 g/mol. The van der Waals surface area contributed by atoms with Gasteiger partial charge < -0.3 is 10.1 Å². The first-order valence-electron chi connectivity index (χ1n) is 7.99. The number of thioether (sulfide) groups is 1. The third-order valence-electron chi connectivity index (χ3n) is 3.42. The number of benzene rings is 2. The van der Waals surface area contributed by atoms with Gasteiger partial charge in [-0.25, -0.2) is 0 Å². The second kappa shape index (κ2) is 8.74. The van der Waals surface area contributed by atoms with E-state index < -0.39 is 6.36 Å². The molecule has 0 atom stereocenters. The van der Waals surface area contributed by atoms with E-state index in [9.17, 15) is 18.0 Å². The van der Waals surface area contributed by atoms with Crippen LogP contribution in [0.5, 0.6) is 5.75 Å². The number of carbonyl (C=O) groups excluding carboxylic acids is 1. The van der Waals surface area contributed by atoms with Crippen molar-refractivity contribution in [1.29, 1.82) is 0 Å². The van der Waals surface area contributed by atoms with E-state index in [1.807, 2.05) is 30.3 Å². The molecule has 0 bridgehead atoms. The Balaban J connectivity index is 1.57. The van der Waals surface area contributed by atoms with Crippen molar-refractivity contribution in [3.8, 4) is 11.4 Å². The molecule has 0 radical (unpaired) electrons. The summed E-state index contributed by atoms with van der Waals surface area (Å²) in [4.78, 5) is 12.0. The van der Waals surface area contributed by atoms with Crippen molar-refractivity contribution in [3.05, 3.63) is 60.2 Å². The molecule has 2 aromatic carbocycles. The number of alkyl halides is 3. The highest BCUT2D eigenvalue weighted by molar-refractivity contribution is 7.99. The Morgan fingerprint density at radius 3 is 2.50 bits per heavy atom. The zero-order chi connectivity index (χ0) is 20.0. The Morgan fingerprint density at radius 1 is 1.11 bits per heavy atom. The molecule has 0 aliphatic rings. The summed E-state index contributed by atoms with van der Waals surface area (Å²) in [6.45, 7) is 0.409. The highest BCUT2D eigenvalue weighted by atomic mass is 32.2. The van der Waals surface area contributed by atoms with Crippen LogP contribution in [0.25, 0.3) is 5.69 Å². The van der Waals surface area contributed by atoms with Crippen molar-refractivity contribution in [2.75, 3.05) is 5.75 Å². The molecule has 0 spiro atoms. The smallest absolute Gasteiger partial charge is 0.406 e. The van der Waals surface area contributed by atoms with E-state index in [0.717, 1.165) is 29.5 Å². The SMILES string of the molecule is O=C(CSc1nnnn1-c1ccc(OC(F)(F)F)cc1)NCc1ccccc1. The number of nitrogens with one attached hydrogen (secondary N) is 1. The fourth-order valence-corrected chi connectivity index (χ4v) is 2.92. The topological polar surface area (TPSA) is 81.9 Å². The van der Waals surface area contributed by atoms with Gasteiger partial charge in [-0.1, -0.05) is 42.1 Å². The van der Waals surface area contributed by atoms with E-state index in [0.29, 0.717) is 17.4 Å². The molecule has 146 valence electrons. The van der Waals surface area contributed by atoms with Crippen molar-refractivity contribution in [1.82, 2.24) is 25.5 Å². The number of rotatable bonds is 7. The van der Waals surface area contributed by atoms with Gasteiger partial charge in [0.05, 0.1) is 11.4 Å². The minimum atomic E-state index is -4.76. The molecular formula is C17H14F3N5O2S. The van der Waals surface area contributed by atoms with Crippen LogP contribution in [-0.2, 0) is 11.3 Å². The largest absolute Gasteiger partial charge is 0.573 e. The lowest BCUT2D eigenvalue weighted by Crippen LogP contribution is -2.24. The molecule has 28 heavy (non-hydrogen) atoms. The van der Waals surface area contributed by atoms with Gasteiger partial charge in [-0.05, 0) is 40.3 Å². The predicted molar refractivity (Wildman–Crippen MR) is 94.8 cm³/mol. The normalized spacial score (nSPS) is 11.2. The maximum atomic E-state index is 12.2. The Morgan fingerprint density at radius 2 is 1.82 bits per heavy atom. The molecule has 1 heterocycles. The van der Waals surface area contributed by atoms with E-state index >= 15 is 0 Å². The van der Waals surface area contributed by atoms with Crippen molar-refractivity contribution < 1.29 is 22.7 Å². The zero-order valence-electron chi connectivity index (χ0n) is 14.3. The molecule has 1 N–H and O–H groups in total. The fourth-order valence-electron chi connectivity index (χ4n) is 2.20. The van der Waals surface area contributed by atoms with Gasteiger partial charge in [0.15, 0.2) is 0 Å². The Hall–Kier alpha value is -3.08. The molecule has 1 amide bonds. The van der Waals surface area contributed by atoms with Gasteiger partial charge >= 0.3 is 6.36 Å². The summed E-state index contributed by atoms with van der Waals surface area (Å²) in [7, 11) is 0. The summed E-state index contributed by atoms with van der Waals surface area (Å²) < 4.78 is 41.8. The number of hydrogen-bond acceptors (Lipinski definition) is 6. The molecule has 0 unspecified atom stereocenters. The average Bonchev–Trinajstić information content (AvgIpc) is 3.13. The number of tetrazole rings is 1. The van der Waals surface area contributed by atoms with Crippen LogP contribution in [0.15, 0.2) is 59.8 Å². The molecule has 0 aliphatic heterocycles. The molecule has 3 aromatic rings. The monoisotopic (exact) mass is 409 g/mol. The lowest BCUT2D eigenvalue weighted by atomic mass is 10.2. The Bertz CT molecular complexity index is 917. The number of hydrogen-bond donors (Lipinski definition) is 1. The van der Waals surface area contributed by atoms with Crippen molar-refractivity contribution >= 4 is 17.7 Å². The van der Waals surface area contributed by atoms with Gasteiger partial charge in [-0.15, -0.1) is 18.3 Å². The first-order valence-corrected chi connectivity index (χ1v) is 8.97. The highest BCUT2D eigenvalue weighted by Gasteiger charge is 2.31. The maximum absolute atomic E-state index is 12.2. The van der Waals surface area contributed by atoms with Gasteiger partial charge in [0.2, 0.25) is 11.1 Å². The van der Waals surface area contributed by atoms with Crippen molar-refractivity contribution in [2.45, 2.75) is 18.1 Å². The summed E-state index contributed by atoms with van der Waals surface area (Å²) in [5, 5.41) is 14.3. The lowest BCUT2D eigenvalue weighted by Gasteiger charge is -2.09. The van der Waals surface area contributed by atoms with E-state index in [1.165, 1.54) is 16.8 Å². The van der Waals surface area contributed by atoms with Gasteiger partial charge in [-0.3, -0.25) is 4.79 Å². The van der Waals surface area contributed by atoms with E-state index in [4.69, 9.17) is 0 Å². The Kier molecular flexibility index (Phi) is 6.14. The molecule has 0 saturated carbocycles. The van der Waals surface area contributed by atoms with E-state index in [2.05, 4.69) is 25.6 Å². The minimum Gasteiger partial charge on any atom is -0.406 e. The minimum absolute atomic E-state index is 0.0858. The highest BCUT2D eigenvalue weighted by Crippen LogP contribution is 2.24. The molecule has 0 fully saturated rings. The van der Waals surface area contributed by atoms with Gasteiger partial charge in [-0.2, -0.15) is 4.68 Å². The van der Waals surface area contributed by atoms with E-state index in [1.54, 1.807) is 0 Å². The van der Waals surface area contributed by atoms with Crippen LogP contribution in [-0.4, -0.2) is 38.2 Å². The number of aromatic nitrogens is 4. The van der Waals surface area contributed by atoms with Crippen LogP contribution in [0.4, 0.5) is 13.2 Å². The van der Waals surface area contributed by atoms with Crippen molar-refractivity contribution in [3.63, 3.8) is 0 Å². The van der Waals surface area contributed by atoms with E-state index in [-0.39, 0.29) is 17.4 Å². The molecule has 0 saturated heterocycles. The maximum Gasteiger partial charge on any atom is 0.573 e. The van der Waals surface area contributed by atoms with Gasteiger partial charge in [0, 0.05) is 6.54 Å². The zero-order valence-corrected chi connectivity index (χ0v) is 15.1. The summed E-state index contributed by atoms with van der Waals surface area (Å²) in [6, 6.07) is 14.6. The Labute approximate surface area is 161 Å². The van der Waals surface area contributed by atoms with Crippen LogP contribution >= 0.6 is 11.8 Å². The number of carbonyl (C=O) groups is 1. The summed E-state index contributed by atoms with van der Waals surface area (Å²) in [6.07, 6.45) is -4.76. The molecule has 11 heteroatoms. The van der Waals surface area contributed by atoms with Crippen LogP contribution in [0.2, 0.25) is 0 Å². The van der Waals surface area contributed by atoms with Crippen LogP contribution < -0.4 is 10.1 Å². The second-order valence-electron chi connectivity index (χ2n) is 5.47. The first-order chi connectivity index (χ1) is 13.4. The molecule has 1 aromatic heterocycles. The predicted octanol–water partition coefficient (Wildman–Crippen LogP) is 2.97. The molecule has 7 nitrogen and oxygen atoms in total. The summed E-state index contributed by atoms with van der Waals surface area (Å²) in [5.41, 5.74) is 1.42. The van der Waals surface area contributed by atoms with Crippen LogP contribution in [0.1, 0.15) is 5.56 Å². The third kappa shape index (κ3) is 5.71.